The van der Waals surface area contributed by atoms with E-state index in [1.54, 1.807) is 11.3 Å². The third kappa shape index (κ3) is 4.43. The molecule has 0 radical (unpaired) electrons. The monoisotopic (exact) mass is 297 g/mol. The SMILES string of the molecule is CCCNC(C)c1csc(N(C)CC2CCCCO2)n1. The molecule has 1 aliphatic rings. The van der Waals surface area contributed by atoms with Crippen molar-refractivity contribution in [2.75, 3.05) is 31.6 Å². The van der Waals surface area contributed by atoms with Crippen LogP contribution >= 0.6 is 11.3 Å². The fraction of sp³-hybridized carbons (Fsp3) is 0.800. The molecule has 1 aromatic rings. The molecule has 0 saturated carbocycles. The summed E-state index contributed by atoms with van der Waals surface area (Å²) in [5.41, 5.74) is 1.15. The third-order valence-electron chi connectivity index (χ3n) is 3.73. The molecule has 0 spiro atoms. The van der Waals surface area contributed by atoms with Crippen LogP contribution in [0.2, 0.25) is 0 Å². The first-order chi connectivity index (χ1) is 9.70. The van der Waals surface area contributed by atoms with Crippen LogP contribution in [0.15, 0.2) is 5.38 Å². The molecule has 0 amide bonds. The second-order valence-electron chi connectivity index (χ2n) is 5.60. The summed E-state index contributed by atoms with van der Waals surface area (Å²) < 4.78 is 5.80. The molecule has 5 heteroatoms. The van der Waals surface area contributed by atoms with E-state index < -0.39 is 0 Å². The van der Waals surface area contributed by atoms with Crippen LogP contribution in [0, 0.1) is 0 Å². The number of hydrogen-bond acceptors (Lipinski definition) is 5. The van der Waals surface area contributed by atoms with Gasteiger partial charge in [-0.15, -0.1) is 11.3 Å². The summed E-state index contributed by atoms with van der Waals surface area (Å²) in [6.07, 6.45) is 5.20. The zero-order valence-corrected chi connectivity index (χ0v) is 13.7. The van der Waals surface area contributed by atoms with Gasteiger partial charge in [-0.3, -0.25) is 0 Å². The number of likely N-dealkylation sites (N-methyl/N-ethyl adjacent to an activating group) is 1. The summed E-state index contributed by atoms with van der Waals surface area (Å²) >= 11 is 1.73. The third-order valence-corrected chi connectivity index (χ3v) is 4.71. The van der Waals surface area contributed by atoms with E-state index in [0.29, 0.717) is 12.1 Å². The van der Waals surface area contributed by atoms with Crippen molar-refractivity contribution in [2.24, 2.45) is 0 Å². The molecule has 2 atom stereocenters. The van der Waals surface area contributed by atoms with Gasteiger partial charge in [0.25, 0.3) is 0 Å². The van der Waals surface area contributed by atoms with Gasteiger partial charge in [0.15, 0.2) is 5.13 Å². The van der Waals surface area contributed by atoms with Gasteiger partial charge in [-0.05, 0) is 39.2 Å². The van der Waals surface area contributed by atoms with Gasteiger partial charge < -0.3 is 15.0 Å². The van der Waals surface area contributed by atoms with Crippen molar-refractivity contribution < 1.29 is 4.74 Å². The van der Waals surface area contributed by atoms with Gasteiger partial charge in [0.2, 0.25) is 0 Å². The molecule has 1 aliphatic heterocycles. The summed E-state index contributed by atoms with van der Waals surface area (Å²) in [6, 6.07) is 0.333. The number of nitrogens with zero attached hydrogens (tertiary/aromatic N) is 2. The highest BCUT2D eigenvalue weighted by atomic mass is 32.1. The van der Waals surface area contributed by atoms with Crippen LogP contribution in [0.3, 0.4) is 0 Å². The van der Waals surface area contributed by atoms with E-state index in [1.807, 2.05) is 0 Å². The standard InChI is InChI=1S/C15H27N3OS/c1-4-8-16-12(2)14-11-20-15(17-14)18(3)10-13-7-5-6-9-19-13/h11-13,16H,4-10H2,1-3H3. The number of anilines is 1. The van der Waals surface area contributed by atoms with Crippen molar-refractivity contribution in [3.63, 3.8) is 0 Å². The topological polar surface area (TPSA) is 37.4 Å². The first-order valence-corrected chi connectivity index (χ1v) is 8.60. The van der Waals surface area contributed by atoms with Crippen LogP contribution in [0.25, 0.3) is 0 Å². The van der Waals surface area contributed by atoms with E-state index in [-0.39, 0.29) is 0 Å². The summed E-state index contributed by atoms with van der Waals surface area (Å²) in [6.45, 7) is 7.27. The quantitative estimate of drug-likeness (QED) is 0.838. The fourth-order valence-electron chi connectivity index (χ4n) is 2.45. The Morgan fingerprint density at radius 1 is 1.55 bits per heavy atom. The van der Waals surface area contributed by atoms with Crippen molar-refractivity contribution in [3.8, 4) is 0 Å². The van der Waals surface area contributed by atoms with Gasteiger partial charge >= 0.3 is 0 Å². The second kappa shape index (κ2) is 7.96. The van der Waals surface area contributed by atoms with Gasteiger partial charge in [-0.1, -0.05) is 6.92 Å². The minimum Gasteiger partial charge on any atom is -0.376 e. The number of rotatable bonds is 7. The molecular weight excluding hydrogens is 270 g/mol. The smallest absolute Gasteiger partial charge is 0.185 e. The van der Waals surface area contributed by atoms with Crippen molar-refractivity contribution in [1.82, 2.24) is 10.3 Å². The lowest BCUT2D eigenvalue weighted by atomic mass is 10.1. The number of nitrogens with one attached hydrogen (secondary N) is 1. The average Bonchev–Trinajstić information content (AvgIpc) is 2.96. The van der Waals surface area contributed by atoms with E-state index in [4.69, 9.17) is 9.72 Å². The molecule has 0 aliphatic carbocycles. The van der Waals surface area contributed by atoms with Crippen LogP contribution in [0.1, 0.15) is 51.3 Å². The Morgan fingerprint density at radius 3 is 3.10 bits per heavy atom. The Balaban J connectivity index is 1.86. The van der Waals surface area contributed by atoms with Crippen LogP contribution < -0.4 is 10.2 Å². The van der Waals surface area contributed by atoms with E-state index in [2.05, 4.69) is 36.5 Å². The van der Waals surface area contributed by atoms with Gasteiger partial charge in [0, 0.05) is 31.6 Å². The first kappa shape index (κ1) is 15.7. The molecule has 2 rings (SSSR count). The highest BCUT2D eigenvalue weighted by molar-refractivity contribution is 7.13. The lowest BCUT2D eigenvalue weighted by Gasteiger charge is -2.27. The van der Waals surface area contributed by atoms with Gasteiger partial charge in [0.05, 0.1) is 11.8 Å². The molecular formula is C15H27N3OS. The molecule has 1 aromatic heterocycles. The second-order valence-corrected chi connectivity index (χ2v) is 6.44. The molecule has 1 fully saturated rings. The molecule has 1 saturated heterocycles. The maximum atomic E-state index is 5.80. The normalized spacial score (nSPS) is 20.9. The zero-order valence-electron chi connectivity index (χ0n) is 12.9. The van der Waals surface area contributed by atoms with E-state index >= 15 is 0 Å². The number of aromatic nitrogens is 1. The zero-order chi connectivity index (χ0) is 14.4. The molecule has 0 bridgehead atoms. The summed E-state index contributed by atoms with van der Waals surface area (Å²) in [4.78, 5) is 6.99. The van der Waals surface area contributed by atoms with Crippen molar-refractivity contribution in [2.45, 2.75) is 51.7 Å². The first-order valence-electron chi connectivity index (χ1n) is 7.72. The highest BCUT2D eigenvalue weighted by Crippen LogP contribution is 2.24. The van der Waals surface area contributed by atoms with E-state index in [0.717, 1.165) is 36.9 Å². The predicted molar refractivity (Wildman–Crippen MR) is 85.7 cm³/mol. The van der Waals surface area contributed by atoms with Crippen LogP contribution in [-0.4, -0.2) is 37.8 Å². The number of ether oxygens (including phenoxy) is 1. The van der Waals surface area contributed by atoms with E-state index in [9.17, 15) is 0 Å². The molecule has 114 valence electrons. The Bertz CT molecular complexity index is 390. The fourth-order valence-corrected chi connectivity index (χ4v) is 3.35. The molecule has 0 aromatic carbocycles. The van der Waals surface area contributed by atoms with Crippen molar-refractivity contribution >= 4 is 16.5 Å². The Hall–Kier alpha value is -0.650. The van der Waals surface area contributed by atoms with Crippen LogP contribution in [-0.2, 0) is 4.74 Å². The highest BCUT2D eigenvalue weighted by Gasteiger charge is 2.18. The minimum atomic E-state index is 0.333. The molecule has 2 heterocycles. The molecule has 2 unspecified atom stereocenters. The summed E-state index contributed by atoms with van der Waals surface area (Å²) in [7, 11) is 2.12. The van der Waals surface area contributed by atoms with Gasteiger partial charge in [-0.25, -0.2) is 4.98 Å². The predicted octanol–water partition coefficient (Wildman–Crippen LogP) is 3.21. The number of thiazole rings is 1. The Kier molecular flexibility index (Phi) is 6.26. The Morgan fingerprint density at radius 2 is 2.40 bits per heavy atom. The molecule has 4 nitrogen and oxygen atoms in total. The van der Waals surface area contributed by atoms with Gasteiger partial charge in [0.1, 0.15) is 0 Å². The largest absolute Gasteiger partial charge is 0.376 e. The number of hydrogen-bond donors (Lipinski definition) is 1. The van der Waals surface area contributed by atoms with E-state index in [1.165, 1.54) is 19.3 Å². The average molecular weight is 297 g/mol. The minimum absolute atomic E-state index is 0.333. The van der Waals surface area contributed by atoms with Crippen molar-refractivity contribution in [3.05, 3.63) is 11.1 Å². The lowest BCUT2D eigenvalue weighted by molar-refractivity contribution is 0.0216. The van der Waals surface area contributed by atoms with Crippen LogP contribution in [0.4, 0.5) is 5.13 Å². The lowest BCUT2D eigenvalue weighted by Crippen LogP contribution is -2.33. The summed E-state index contributed by atoms with van der Waals surface area (Å²) in [5.74, 6) is 0. The maximum Gasteiger partial charge on any atom is 0.185 e. The van der Waals surface area contributed by atoms with Gasteiger partial charge in [-0.2, -0.15) is 0 Å². The van der Waals surface area contributed by atoms with Crippen LogP contribution in [0.5, 0.6) is 0 Å². The maximum absolute atomic E-state index is 5.80. The Labute approximate surface area is 126 Å². The molecule has 1 N–H and O–H groups in total. The summed E-state index contributed by atoms with van der Waals surface area (Å²) in [5, 5.41) is 6.75. The molecule has 20 heavy (non-hydrogen) atoms. The van der Waals surface area contributed by atoms with Crippen molar-refractivity contribution in [1.29, 1.82) is 0 Å².